The number of para-hydroxylation sites is 1. The Morgan fingerprint density at radius 2 is 2.26 bits per heavy atom. The molecular formula is C17H21N3O2S. The number of benzene rings is 1. The van der Waals surface area contributed by atoms with Gasteiger partial charge in [0.2, 0.25) is 11.8 Å². The average molecular weight is 331 g/mol. The van der Waals surface area contributed by atoms with Gasteiger partial charge in [-0.2, -0.15) is 4.98 Å². The fourth-order valence-electron chi connectivity index (χ4n) is 2.89. The molecule has 0 bridgehead atoms. The Morgan fingerprint density at radius 1 is 1.48 bits per heavy atom. The molecule has 0 fully saturated rings. The molecule has 5 nitrogen and oxygen atoms in total. The molecular weight excluding hydrogens is 310 g/mol. The summed E-state index contributed by atoms with van der Waals surface area (Å²) in [6.07, 6.45) is 2.03. The van der Waals surface area contributed by atoms with Crippen LogP contribution < -0.4 is 4.90 Å². The van der Waals surface area contributed by atoms with E-state index in [4.69, 9.17) is 4.52 Å². The monoisotopic (exact) mass is 331 g/mol. The van der Waals surface area contributed by atoms with Crippen LogP contribution in [0.25, 0.3) is 0 Å². The van der Waals surface area contributed by atoms with Gasteiger partial charge in [0, 0.05) is 11.7 Å². The second kappa shape index (κ2) is 6.74. The van der Waals surface area contributed by atoms with Crippen LogP contribution in [-0.2, 0) is 17.0 Å². The van der Waals surface area contributed by atoms with Gasteiger partial charge in [0.25, 0.3) is 0 Å². The summed E-state index contributed by atoms with van der Waals surface area (Å²) in [5, 5.41) is 3.62. The lowest BCUT2D eigenvalue weighted by Gasteiger charge is -2.36. The number of hydrogen-bond donors (Lipinski definition) is 0. The van der Waals surface area contributed by atoms with Gasteiger partial charge in [0.1, 0.15) is 0 Å². The van der Waals surface area contributed by atoms with Gasteiger partial charge in [0.05, 0.1) is 11.0 Å². The number of aromatic nitrogens is 2. The second-order valence-corrected chi connectivity index (χ2v) is 7.24. The Labute approximate surface area is 140 Å². The van der Waals surface area contributed by atoms with Crippen LogP contribution in [0.2, 0.25) is 0 Å². The SMILES string of the molecule is Cc1noc(CS[C@H](C)C(=O)N2c3ccccc3CC[C@@H]2C)n1. The molecule has 0 saturated carbocycles. The van der Waals surface area contributed by atoms with Crippen molar-refractivity contribution in [2.75, 3.05) is 4.90 Å². The molecule has 1 aliphatic rings. The maximum Gasteiger partial charge on any atom is 0.240 e. The summed E-state index contributed by atoms with van der Waals surface area (Å²) in [4.78, 5) is 19.1. The van der Waals surface area contributed by atoms with Gasteiger partial charge in [0.15, 0.2) is 5.82 Å². The van der Waals surface area contributed by atoms with E-state index < -0.39 is 0 Å². The van der Waals surface area contributed by atoms with E-state index in [0.717, 1.165) is 18.5 Å². The number of nitrogens with zero attached hydrogens (tertiary/aromatic N) is 3. The zero-order valence-corrected chi connectivity index (χ0v) is 14.5. The predicted molar refractivity (Wildman–Crippen MR) is 91.5 cm³/mol. The van der Waals surface area contributed by atoms with E-state index in [1.807, 2.05) is 30.0 Å². The summed E-state index contributed by atoms with van der Waals surface area (Å²) >= 11 is 1.53. The van der Waals surface area contributed by atoms with E-state index in [1.54, 1.807) is 6.92 Å². The van der Waals surface area contributed by atoms with Crippen molar-refractivity contribution in [2.24, 2.45) is 0 Å². The van der Waals surface area contributed by atoms with Crippen LogP contribution in [0.5, 0.6) is 0 Å². The molecule has 0 N–H and O–H groups in total. The van der Waals surface area contributed by atoms with Crippen LogP contribution >= 0.6 is 11.8 Å². The third-order valence-electron chi connectivity index (χ3n) is 4.14. The fourth-order valence-corrected chi connectivity index (χ4v) is 3.65. The largest absolute Gasteiger partial charge is 0.338 e. The molecule has 0 spiro atoms. The number of amides is 1. The zero-order valence-electron chi connectivity index (χ0n) is 13.7. The minimum atomic E-state index is -0.157. The molecule has 122 valence electrons. The van der Waals surface area contributed by atoms with Gasteiger partial charge in [-0.15, -0.1) is 11.8 Å². The molecule has 1 aromatic heterocycles. The average Bonchev–Trinajstić information content (AvgIpc) is 2.97. The van der Waals surface area contributed by atoms with Crippen molar-refractivity contribution in [1.82, 2.24) is 10.1 Å². The van der Waals surface area contributed by atoms with Gasteiger partial charge in [-0.3, -0.25) is 4.79 Å². The molecule has 0 saturated heterocycles. The molecule has 3 rings (SSSR count). The van der Waals surface area contributed by atoms with E-state index >= 15 is 0 Å². The molecule has 0 aliphatic carbocycles. The topological polar surface area (TPSA) is 59.2 Å². The molecule has 2 aromatic rings. The summed E-state index contributed by atoms with van der Waals surface area (Å²) < 4.78 is 5.11. The Kier molecular flexibility index (Phi) is 4.71. The summed E-state index contributed by atoms with van der Waals surface area (Å²) in [5.74, 6) is 1.89. The predicted octanol–water partition coefficient (Wildman–Crippen LogP) is 3.37. The first kappa shape index (κ1) is 16.1. The van der Waals surface area contributed by atoms with Crippen molar-refractivity contribution >= 4 is 23.4 Å². The lowest BCUT2D eigenvalue weighted by atomic mass is 9.96. The molecule has 2 atom stereocenters. The first-order chi connectivity index (χ1) is 11.1. The van der Waals surface area contributed by atoms with Crippen LogP contribution in [0.1, 0.15) is 37.5 Å². The molecule has 2 heterocycles. The Bertz CT molecular complexity index is 701. The molecule has 23 heavy (non-hydrogen) atoms. The number of hydrogen-bond acceptors (Lipinski definition) is 5. The molecule has 1 aliphatic heterocycles. The molecule has 0 unspecified atom stereocenters. The third kappa shape index (κ3) is 3.42. The van der Waals surface area contributed by atoms with Gasteiger partial charge in [-0.1, -0.05) is 23.4 Å². The van der Waals surface area contributed by atoms with Crippen LogP contribution in [0.15, 0.2) is 28.8 Å². The molecule has 1 aromatic carbocycles. The van der Waals surface area contributed by atoms with Crippen molar-refractivity contribution in [3.05, 3.63) is 41.5 Å². The first-order valence-corrected chi connectivity index (χ1v) is 8.93. The van der Waals surface area contributed by atoms with Crippen LogP contribution in [0, 0.1) is 6.92 Å². The van der Waals surface area contributed by atoms with Crippen LogP contribution in [0.3, 0.4) is 0 Å². The number of anilines is 1. The maximum atomic E-state index is 12.9. The molecule has 0 radical (unpaired) electrons. The van der Waals surface area contributed by atoms with Crippen molar-refractivity contribution in [3.63, 3.8) is 0 Å². The Hall–Kier alpha value is -1.82. The summed E-state index contributed by atoms with van der Waals surface area (Å²) in [6, 6.07) is 8.41. The highest BCUT2D eigenvalue weighted by molar-refractivity contribution is 7.99. The zero-order chi connectivity index (χ0) is 16.4. The number of fused-ring (bicyclic) bond motifs is 1. The lowest BCUT2D eigenvalue weighted by molar-refractivity contribution is -0.118. The Balaban J connectivity index is 1.71. The van der Waals surface area contributed by atoms with Crippen molar-refractivity contribution in [1.29, 1.82) is 0 Å². The fraction of sp³-hybridized carbons (Fsp3) is 0.471. The lowest BCUT2D eigenvalue weighted by Crippen LogP contribution is -2.45. The van der Waals surface area contributed by atoms with Gasteiger partial charge < -0.3 is 9.42 Å². The maximum absolute atomic E-state index is 12.9. The van der Waals surface area contributed by atoms with Gasteiger partial charge in [-0.25, -0.2) is 0 Å². The number of thioether (sulfide) groups is 1. The standard InChI is InChI=1S/C17H21N3O2S/c1-11-8-9-14-6-4-5-7-15(14)20(11)17(21)12(2)23-10-16-18-13(3)19-22-16/h4-7,11-12H,8-10H2,1-3H3/t11-,12+/m0/s1. The number of aryl methyl sites for hydroxylation is 2. The van der Waals surface area contributed by atoms with Crippen LogP contribution in [0.4, 0.5) is 5.69 Å². The smallest absolute Gasteiger partial charge is 0.240 e. The second-order valence-electron chi connectivity index (χ2n) is 5.91. The van der Waals surface area contributed by atoms with Crippen molar-refractivity contribution < 1.29 is 9.32 Å². The first-order valence-electron chi connectivity index (χ1n) is 7.88. The van der Waals surface area contributed by atoms with E-state index in [1.165, 1.54) is 17.3 Å². The summed E-state index contributed by atoms with van der Waals surface area (Å²) in [7, 11) is 0. The van der Waals surface area contributed by atoms with Crippen molar-refractivity contribution in [2.45, 2.75) is 50.7 Å². The highest BCUT2D eigenvalue weighted by Crippen LogP contribution is 2.32. The normalized spacial score (nSPS) is 18.6. The number of rotatable bonds is 4. The van der Waals surface area contributed by atoms with Gasteiger partial charge >= 0.3 is 0 Å². The summed E-state index contributed by atoms with van der Waals surface area (Å²) in [6.45, 7) is 5.85. The molecule has 6 heteroatoms. The van der Waals surface area contributed by atoms with Gasteiger partial charge in [-0.05, 0) is 45.2 Å². The Morgan fingerprint density at radius 3 is 3.00 bits per heavy atom. The van der Waals surface area contributed by atoms with E-state index in [-0.39, 0.29) is 17.2 Å². The minimum Gasteiger partial charge on any atom is -0.338 e. The minimum absolute atomic E-state index is 0.144. The third-order valence-corrected chi connectivity index (χ3v) is 5.25. The highest BCUT2D eigenvalue weighted by Gasteiger charge is 2.31. The number of carbonyl (C=O) groups is 1. The number of carbonyl (C=O) groups excluding carboxylic acids is 1. The van der Waals surface area contributed by atoms with E-state index in [0.29, 0.717) is 17.5 Å². The van der Waals surface area contributed by atoms with E-state index in [9.17, 15) is 4.79 Å². The van der Waals surface area contributed by atoms with Crippen molar-refractivity contribution in [3.8, 4) is 0 Å². The quantitative estimate of drug-likeness (QED) is 0.860. The summed E-state index contributed by atoms with van der Waals surface area (Å²) in [5.41, 5.74) is 2.31. The highest BCUT2D eigenvalue weighted by atomic mass is 32.2. The van der Waals surface area contributed by atoms with E-state index in [2.05, 4.69) is 23.1 Å². The van der Waals surface area contributed by atoms with Crippen LogP contribution in [-0.4, -0.2) is 27.3 Å². The molecule has 1 amide bonds.